The Kier molecular flexibility index (Phi) is 4.34. The van der Waals surface area contributed by atoms with Crippen LogP contribution in [-0.2, 0) is 6.54 Å². The van der Waals surface area contributed by atoms with E-state index in [0.717, 1.165) is 30.7 Å². The van der Waals surface area contributed by atoms with Crippen LogP contribution in [-0.4, -0.2) is 15.3 Å². The second-order valence-electron chi connectivity index (χ2n) is 6.27. The summed E-state index contributed by atoms with van der Waals surface area (Å²) in [6.07, 6.45) is 9.14. The molecule has 1 aromatic carbocycles. The average molecular weight is 302 g/mol. The molecule has 0 N–H and O–H groups in total. The van der Waals surface area contributed by atoms with Crippen LogP contribution in [0.5, 0.6) is 0 Å². The van der Waals surface area contributed by atoms with Crippen molar-refractivity contribution in [3.63, 3.8) is 0 Å². The smallest absolute Gasteiger partial charge is 0.261 e. The van der Waals surface area contributed by atoms with E-state index in [2.05, 4.69) is 17.6 Å². The van der Waals surface area contributed by atoms with Crippen molar-refractivity contribution in [3.8, 4) is 0 Å². The maximum Gasteiger partial charge on any atom is 0.261 e. The Bertz CT molecular complexity index is 672. The predicted octanol–water partition coefficient (Wildman–Crippen LogP) is 3.67. The van der Waals surface area contributed by atoms with Crippen LogP contribution in [0, 0.1) is 5.41 Å². The molecular weight excluding hydrogens is 280 g/mol. The van der Waals surface area contributed by atoms with Gasteiger partial charge >= 0.3 is 0 Å². The molecule has 1 saturated carbocycles. The van der Waals surface area contributed by atoms with Crippen molar-refractivity contribution in [2.75, 3.05) is 5.75 Å². The fourth-order valence-corrected chi connectivity index (χ4v) is 3.84. The molecule has 0 aliphatic heterocycles. The van der Waals surface area contributed by atoms with E-state index in [0.29, 0.717) is 5.39 Å². The molecule has 3 nitrogen and oxygen atoms in total. The zero-order valence-electron chi connectivity index (χ0n) is 12.3. The van der Waals surface area contributed by atoms with Crippen LogP contribution >= 0.6 is 12.6 Å². The third-order valence-electron chi connectivity index (χ3n) is 4.74. The Morgan fingerprint density at radius 1 is 1.14 bits per heavy atom. The Balaban J connectivity index is 1.96. The van der Waals surface area contributed by atoms with Gasteiger partial charge < -0.3 is 0 Å². The van der Waals surface area contributed by atoms with E-state index in [4.69, 9.17) is 0 Å². The van der Waals surface area contributed by atoms with Gasteiger partial charge in [-0.15, -0.1) is 0 Å². The second kappa shape index (κ2) is 6.22. The molecule has 1 aliphatic carbocycles. The number of thiol groups is 1. The molecule has 3 rings (SSSR count). The van der Waals surface area contributed by atoms with Gasteiger partial charge in [0.1, 0.15) is 0 Å². The molecule has 1 heterocycles. The lowest BCUT2D eigenvalue weighted by Gasteiger charge is -2.31. The summed E-state index contributed by atoms with van der Waals surface area (Å²) >= 11 is 4.60. The third kappa shape index (κ3) is 3.00. The molecule has 4 heteroatoms. The normalized spacial score (nSPS) is 18.5. The number of aromatic nitrogens is 2. The zero-order valence-corrected chi connectivity index (χ0v) is 13.2. The lowest BCUT2D eigenvalue weighted by Crippen LogP contribution is -2.33. The van der Waals surface area contributed by atoms with Gasteiger partial charge in [0.2, 0.25) is 0 Å². The fourth-order valence-electron chi connectivity index (χ4n) is 3.42. The molecule has 0 atom stereocenters. The van der Waals surface area contributed by atoms with Crippen molar-refractivity contribution in [1.29, 1.82) is 0 Å². The van der Waals surface area contributed by atoms with Gasteiger partial charge in [-0.3, -0.25) is 9.36 Å². The fraction of sp³-hybridized carbons (Fsp3) is 0.529. The number of para-hydroxylation sites is 1. The summed E-state index contributed by atoms with van der Waals surface area (Å²) in [5.74, 6) is 0.840. The summed E-state index contributed by atoms with van der Waals surface area (Å²) in [5.41, 5.74) is 0.999. The van der Waals surface area contributed by atoms with Crippen molar-refractivity contribution in [2.24, 2.45) is 5.41 Å². The van der Waals surface area contributed by atoms with Gasteiger partial charge in [0.25, 0.3) is 5.56 Å². The highest BCUT2D eigenvalue weighted by Crippen LogP contribution is 2.37. The van der Waals surface area contributed by atoms with Gasteiger partial charge in [0.15, 0.2) is 0 Å². The van der Waals surface area contributed by atoms with E-state index in [1.54, 1.807) is 10.9 Å². The minimum absolute atomic E-state index is 0.0750. The number of hydrogen-bond acceptors (Lipinski definition) is 3. The first-order valence-corrected chi connectivity index (χ1v) is 8.42. The predicted molar refractivity (Wildman–Crippen MR) is 90.0 cm³/mol. The molecule has 0 unspecified atom stereocenters. The summed E-state index contributed by atoms with van der Waals surface area (Å²) in [6, 6.07) is 7.57. The highest BCUT2D eigenvalue weighted by Gasteiger charge is 2.30. The number of nitrogens with zero attached hydrogens (tertiary/aromatic N) is 2. The summed E-state index contributed by atoms with van der Waals surface area (Å²) in [4.78, 5) is 17.1. The van der Waals surface area contributed by atoms with E-state index in [-0.39, 0.29) is 11.0 Å². The highest BCUT2D eigenvalue weighted by molar-refractivity contribution is 7.80. The molecule has 0 amide bonds. The Morgan fingerprint density at radius 3 is 2.57 bits per heavy atom. The third-order valence-corrected chi connectivity index (χ3v) is 5.41. The molecule has 1 aromatic heterocycles. The highest BCUT2D eigenvalue weighted by atomic mass is 32.1. The summed E-state index contributed by atoms with van der Waals surface area (Å²) in [7, 11) is 0. The van der Waals surface area contributed by atoms with Gasteiger partial charge in [0, 0.05) is 6.54 Å². The number of fused-ring (bicyclic) bond motifs is 1. The minimum atomic E-state index is 0.0750. The SMILES string of the molecule is O=c1c2ccccc2ncn1CC1(CS)CCCCCC1. The quantitative estimate of drug-likeness (QED) is 0.693. The van der Waals surface area contributed by atoms with Crippen LogP contribution in [0.1, 0.15) is 38.5 Å². The Morgan fingerprint density at radius 2 is 1.86 bits per heavy atom. The standard InChI is InChI=1S/C17H22N2OS/c20-16-14-7-3-4-8-15(14)18-13-19(16)11-17(12-21)9-5-1-2-6-10-17/h3-4,7-8,13,21H,1-2,5-6,9-12H2. The number of hydrogen-bond donors (Lipinski definition) is 1. The van der Waals surface area contributed by atoms with Crippen LogP contribution in [0.3, 0.4) is 0 Å². The van der Waals surface area contributed by atoms with Gasteiger partial charge in [-0.2, -0.15) is 12.6 Å². The molecule has 2 aromatic rings. The lowest BCUT2D eigenvalue weighted by atomic mass is 9.82. The van der Waals surface area contributed by atoms with E-state index < -0.39 is 0 Å². The molecule has 112 valence electrons. The van der Waals surface area contributed by atoms with Crippen LogP contribution in [0.25, 0.3) is 10.9 Å². The monoisotopic (exact) mass is 302 g/mol. The van der Waals surface area contributed by atoms with E-state index >= 15 is 0 Å². The van der Waals surface area contributed by atoms with Gasteiger partial charge in [-0.1, -0.05) is 37.8 Å². The van der Waals surface area contributed by atoms with Gasteiger partial charge in [-0.05, 0) is 36.1 Å². The molecule has 21 heavy (non-hydrogen) atoms. The lowest BCUT2D eigenvalue weighted by molar-refractivity contribution is 0.237. The van der Waals surface area contributed by atoms with Gasteiger partial charge in [0.05, 0.1) is 17.2 Å². The van der Waals surface area contributed by atoms with Crippen molar-refractivity contribution in [3.05, 3.63) is 40.9 Å². The molecule has 0 saturated heterocycles. The Hall–Kier alpha value is -1.29. The largest absolute Gasteiger partial charge is 0.298 e. The molecule has 1 fully saturated rings. The first kappa shape index (κ1) is 14.6. The maximum atomic E-state index is 12.6. The first-order valence-electron chi connectivity index (χ1n) is 7.79. The summed E-state index contributed by atoms with van der Waals surface area (Å²) < 4.78 is 1.80. The van der Waals surface area contributed by atoms with E-state index in [9.17, 15) is 4.79 Å². The van der Waals surface area contributed by atoms with E-state index in [1.807, 2.05) is 24.3 Å². The van der Waals surface area contributed by atoms with Crippen molar-refractivity contribution in [1.82, 2.24) is 9.55 Å². The van der Waals surface area contributed by atoms with Crippen LogP contribution in [0.15, 0.2) is 35.4 Å². The first-order chi connectivity index (χ1) is 10.2. The summed E-state index contributed by atoms with van der Waals surface area (Å²) in [6.45, 7) is 0.743. The van der Waals surface area contributed by atoms with Crippen LogP contribution in [0.4, 0.5) is 0 Å². The number of benzene rings is 1. The molecule has 1 aliphatic rings. The average Bonchev–Trinajstić information content (AvgIpc) is 2.77. The molecule has 0 bridgehead atoms. The van der Waals surface area contributed by atoms with Crippen molar-refractivity contribution < 1.29 is 0 Å². The second-order valence-corrected chi connectivity index (χ2v) is 6.58. The summed E-state index contributed by atoms with van der Waals surface area (Å²) in [5, 5.41) is 0.711. The minimum Gasteiger partial charge on any atom is -0.298 e. The van der Waals surface area contributed by atoms with E-state index in [1.165, 1.54) is 25.7 Å². The van der Waals surface area contributed by atoms with Crippen LogP contribution < -0.4 is 5.56 Å². The van der Waals surface area contributed by atoms with Crippen LogP contribution in [0.2, 0.25) is 0 Å². The van der Waals surface area contributed by atoms with Crippen molar-refractivity contribution >= 4 is 23.5 Å². The topological polar surface area (TPSA) is 34.9 Å². The molecule has 0 radical (unpaired) electrons. The zero-order chi connectivity index (χ0) is 14.7. The Labute approximate surface area is 130 Å². The maximum absolute atomic E-state index is 12.6. The van der Waals surface area contributed by atoms with Gasteiger partial charge in [-0.25, -0.2) is 4.98 Å². The number of rotatable bonds is 3. The van der Waals surface area contributed by atoms with Crippen molar-refractivity contribution in [2.45, 2.75) is 45.1 Å². The molecular formula is C17H22N2OS. The molecule has 0 spiro atoms.